The number of rotatable bonds is 2. The summed E-state index contributed by atoms with van der Waals surface area (Å²) < 4.78 is 0. The van der Waals surface area contributed by atoms with Gasteiger partial charge in [0.15, 0.2) is 0 Å². The van der Waals surface area contributed by atoms with Crippen molar-refractivity contribution in [2.75, 3.05) is 0 Å². The summed E-state index contributed by atoms with van der Waals surface area (Å²) in [6, 6.07) is 2.03. The molecular formula is C12H17NO. The van der Waals surface area contributed by atoms with E-state index in [1.165, 1.54) is 5.56 Å². The molecule has 1 N–H and O–H groups in total. The van der Waals surface area contributed by atoms with Crippen LogP contribution in [0.25, 0.3) is 0 Å². The van der Waals surface area contributed by atoms with E-state index in [0.717, 1.165) is 31.2 Å². The largest absolute Gasteiger partial charge is 0.388 e. The van der Waals surface area contributed by atoms with Crippen LogP contribution in [0.4, 0.5) is 0 Å². The van der Waals surface area contributed by atoms with Crippen molar-refractivity contribution in [2.24, 2.45) is 5.92 Å². The van der Waals surface area contributed by atoms with Crippen molar-refractivity contribution in [3.63, 3.8) is 0 Å². The van der Waals surface area contributed by atoms with Crippen molar-refractivity contribution in [2.45, 2.75) is 38.7 Å². The van der Waals surface area contributed by atoms with Gasteiger partial charge in [0.2, 0.25) is 0 Å². The Labute approximate surface area is 85.0 Å². The topological polar surface area (TPSA) is 33.1 Å². The maximum absolute atomic E-state index is 10.1. The highest BCUT2D eigenvalue weighted by molar-refractivity contribution is 5.28. The van der Waals surface area contributed by atoms with Gasteiger partial charge in [-0.25, -0.2) is 0 Å². The van der Waals surface area contributed by atoms with E-state index in [1.54, 1.807) is 0 Å². The average Bonchev–Trinajstić information content (AvgIpc) is 2.23. The van der Waals surface area contributed by atoms with Crippen molar-refractivity contribution in [1.29, 1.82) is 0 Å². The van der Waals surface area contributed by atoms with E-state index >= 15 is 0 Å². The fourth-order valence-electron chi connectivity index (χ4n) is 2.36. The van der Waals surface area contributed by atoms with E-state index in [4.69, 9.17) is 0 Å². The highest BCUT2D eigenvalue weighted by Crippen LogP contribution is 2.36. The molecule has 14 heavy (non-hydrogen) atoms. The number of aliphatic hydroxyl groups excluding tert-OH is 1. The number of hydrogen-bond donors (Lipinski definition) is 1. The molecule has 1 aliphatic carbocycles. The van der Waals surface area contributed by atoms with Gasteiger partial charge >= 0.3 is 0 Å². The van der Waals surface area contributed by atoms with E-state index in [2.05, 4.69) is 11.9 Å². The van der Waals surface area contributed by atoms with Gasteiger partial charge in [0.25, 0.3) is 0 Å². The molecule has 2 nitrogen and oxygen atoms in total. The zero-order valence-electron chi connectivity index (χ0n) is 8.61. The number of aliphatic hydroxyl groups is 1. The number of fused-ring (bicyclic) bond motifs is 1. The maximum atomic E-state index is 10.1. The average molecular weight is 191 g/mol. The molecule has 2 atom stereocenters. The molecular weight excluding hydrogens is 174 g/mol. The Morgan fingerprint density at radius 3 is 3.21 bits per heavy atom. The fraction of sp³-hybridized carbons (Fsp3) is 0.583. The lowest BCUT2D eigenvalue weighted by molar-refractivity contribution is 0.0877. The zero-order chi connectivity index (χ0) is 9.97. The summed E-state index contributed by atoms with van der Waals surface area (Å²) in [6.45, 7) is 2.17. The molecule has 1 aromatic rings. The van der Waals surface area contributed by atoms with E-state index < -0.39 is 0 Å². The number of aryl methyl sites for hydroxylation is 1. The Bertz CT molecular complexity index is 311. The lowest BCUT2D eigenvalue weighted by Crippen LogP contribution is -2.20. The van der Waals surface area contributed by atoms with Crippen molar-refractivity contribution in [1.82, 2.24) is 4.98 Å². The first kappa shape index (κ1) is 9.66. The molecule has 0 radical (unpaired) electrons. The molecule has 2 heteroatoms. The van der Waals surface area contributed by atoms with Crippen LogP contribution >= 0.6 is 0 Å². The Morgan fingerprint density at radius 1 is 1.57 bits per heavy atom. The third kappa shape index (κ3) is 1.67. The quantitative estimate of drug-likeness (QED) is 0.779. The third-order valence-electron chi connectivity index (χ3n) is 3.16. The van der Waals surface area contributed by atoms with Gasteiger partial charge in [-0.2, -0.15) is 0 Å². The van der Waals surface area contributed by atoms with Crippen LogP contribution in [0.1, 0.15) is 43.4 Å². The van der Waals surface area contributed by atoms with E-state index in [0.29, 0.717) is 5.92 Å². The van der Waals surface area contributed by atoms with E-state index in [1.807, 2.05) is 18.5 Å². The molecule has 0 saturated carbocycles. The Morgan fingerprint density at radius 2 is 2.43 bits per heavy atom. The molecule has 0 bridgehead atoms. The summed E-state index contributed by atoms with van der Waals surface area (Å²) in [5, 5.41) is 10.1. The Kier molecular flexibility index (Phi) is 2.82. The van der Waals surface area contributed by atoms with Gasteiger partial charge in [-0.3, -0.25) is 4.98 Å². The van der Waals surface area contributed by atoms with Crippen LogP contribution in [0.5, 0.6) is 0 Å². The Balaban J connectivity index is 2.22. The summed E-state index contributed by atoms with van der Waals surface area (Å²) >= 11 is 0. The van der Waals surface area contributed by atoms with Gasteiger partial charge < -0.3 is 5.11 Å². The maximum Gasteiger partial charge on any atom is 0.0835 e. The van der Waals surface area contributed by atoms with E-state index in [-0.39, 0.29) is 6.10 Å². The van der Waals surface area contributed by atoms with Crippen LogP contribution in [0, 0.1) is 5.92 Å². The molecule has 1 aromatic heterocycles. The molecule has 0 aromatic carbocycles. The molecule has 2 rings (SSSR count). The second-order valence-electron chi connectivity index (χ2n) is 4.11. The number of aromatic nitrogens is 1. The van der Waals surface area contributed by atoms with Crippen LogP contribution in [0.15, 0.2) is 18.5 Å². The predicted octanol–water partition coefficient (Wildman–Crippen LogP) is 2.48. The standard InChI is InChI=1S/C12H17NO/c1-2-3-10-5-4-9-6-7-13-8-11(9)12(10)14/h6-8,10,12,14H,2-5H2,1H3. The molecule has 2 unspecified atom stereocenters. The second kappa shape index (κ2) is 4.09. The van der Waals surface area contributed by atoms with Crippen LogP contribution < -0.4 is 0 Å². The minimum atomic E-state index is -0.285. The van der Waals surface area contributed by atoms with Gasteiger partial charge in [-0.15, -0.1) is 0 Å². The monoisotopic (exact) mass is 191 g/mol. The fourth-order valence-corrected chi connectivity index (χ4v) is 2.36. The molecule has 0 saturated heterocycles. The predicted molar refractivity (Wildman–Crippen MR) is 55.9 cm³/mol. The van der Waals surface area contributed by atoms with Gasteiger partial charge in [-0.1, -0.05) is 13.3 Å². The third-order valence-corrected chi connectivity index (χ3v) is 3.16. The van der Waals surface area contributed by atoms with Crippen molar-refractivity contribution < 1.29 is 5.11 Å². The molecule has 0 amide bonds. The summed E-state index contributed by atoms with van der Waals surface area (Å²) in [5.74, 6) is 0.441. The highest BCUT2D eigenvalue weighted by atomic mass is 16.3. The van der Waals surface area contributed by atoms with Gasteiger partial charge in [-0.05, 0) is 36.8 Å². The summed E-state index contributed by atoms with van der Waals surface area (Å²) in [5.41, 5.74) is 2.33. The zero-order valence-corrected chi connectivity index (χ0v) is 8.61. The molecule has 76 valence electrons. The van der Waals surface area contributed by atoms with Gasteiger partial charge in [0.05, 0.1) is 6.10 Å². The summed E-state index contributed by atoms with van der Waals surface area (Å²) in [6.07, 6.45) is 7.83. The second-order valence-corrected chi connectivity index (χ2v) is 4.11. The Hall–Kier alpha value is -0.890. The van der Waals surface area contributed by atoms with Crippen LogP contribution in [0.3, 0.4) is 0 Å². The molecule has 0 aliphatic heterocycles. The van der Waals surface area contributed by atoms with Crippen LogP contribution in [-0.2, 0) is 6.42 Å². The van der Waals surface area contributed by atoms with E-state index in [9.17, 15) is 5.11 Å². The molecule has 0 fully saturated rings. The molecule has 1 aliphatic rings. The lowest BCUT2D eigenvalue weighted by Gasteiger charge is -2.29. The highest BCUT2D eigenvalue weighted by Gasteiger charge is 2.26. The molecule has 0 spiro atoms. The first-order valence-electron chi connectivity index (χ1n) is 5.43. The SMILES string of the molecule is CCCC1CCc2ccncc2C1O. The number of hydrogen-bond acceptors (Lipinski definition) is 2. The van der Waals surface area contributed by atoms with Crippen molar-refractivity contribution >= 4 is 0 Å². The van der Waals surface area contributed by atoms with Crippen LogP contribution in [-0.4, -0.2) is 10.1 Å². The minimum absolute atomic E-state index is 0.285. The van der Waals surface area contributed by atoms with Crippen molar-refractivity contribution in [3.8, 4) is 0 Å². The first-order valence-corrected chi connectivity index (χ1v) is 5.43. The summed E-state index contributed by atoms with van der Waals surface area (Å²) in [4.78, 5) is 4.08. The lowest BCUT2D eigenvalue weighted by atomic mass is 9.80. The van der Waals surface area contributed by atoms with Gasteiger partial charge in [0.1, 0.15) is 0 Å². The normalized spacial score (nSPS) is 25.9. The number of pyridine rings is 1. The van der Waals surface area contributed by atoms with Gasteiger partial charge in [0, 0.05) is 18.0 Å². The first-order chi connectivity index (χ1) is 6.83. The summed E-state index contributed by atoms with van der Waals surface area (Å²) in [7, 11) is 0. The smallest absolute Gasteiger partial charge is 0.0835 e. The minimum Gasteiger partial charge on any atom is -0.388 e. The number of nitrogens with zero attached hydrogens (tertiary/aromatic N) is 1. The van der Waals surface area contributed by atoms with Crippen LogP contribution in [0.2, 0.25) is 0 Å². The van der Waals surface area contributed by atoms with Crippen molar-refractivity contribution in [3.05, 3.63) is 29.6 Å². The molecule has 1 heterocycles.